The molecule has 1 aromatic carbocycles. The second-order valence-electron chi connectivity index (χ2n) is 7.87. The minimum absolute atomic E-state index is 0.0291. The van der Waals surface area contributed by atoms with Gasteiger partial charge in [-0.05, 0) is 18.1 Å². The van der Waals surface area contributed by atoms with E-state index < -0.39 is 55.0 Å². The van der Waals surface area contributed by atoms with Crippen LogP contribution in [0, 0.1) is 0 Å². The number of nitrogens with two attached hydrogens (primary N) is 1. The molecule has 2 heterocycles. The van der Waals surface area contributed by atoms with Gasteiger partial charge in [0.25, 0.3) is 0 Å². The number of aliphatic hydroxyl groups excluding tert-OH is 1. The van der Waals surface area contributed by atoms with Crippen molar-refractivity contribution in [2.45, 2.75) is 31.0 Å². The average Bonchev–Trinajstić information content (AvgIpc) is 3.50. The van der Waals surface area contributed by atoms with Crippen molar-refractivity contribution in [2.24, 2.45) is 5.73 Å². The summed E-state index contributed by atoms with van der Waals surface area (Å²) in [7, 11) is 0. The van der Waals surface area contributed by atoms with E-state index in [0.29, 0.717) is 5.69 Å². The van der Waals surface area contributed by atoms with Crippen LogP contribution in [0.4, 0.5) is 0 Å². The van der Waals surface area contributed by atoms with Crippen molar-refractivity contribution in [2.75, 3.05) is 13.2 Å². The summed E-state index contributed by atoms with van der Waals surface area (Å²) in [6.45, 7) is -1.28. The van der Waals surface area contributed by atoms with Crippen LogP contribution in [0.1, 0.15) is 11.3 Å². The zero-order valence-electron chi connectivity index (χ0n) is 18.7. The molecule has 0 saturated heterocycles. The average molecular weight is 486 g/mol. The molecule has 0 radical (unpaired) electrons. The van der Waals surface area contributed by atoms with E-state index >= 15 is 0 Å². The summed E-state index contributed by atoms with van der Waals surface area (Å²) in [6, 6.07) is 3.96. The van der Waals surface area contributed by atoms with Gasteiger partial charge in [0.05, 0.1) is 25.5 Å². The molecule has 0 bridgehead atoms. The van der Waals surface area contributed by atoms with Gasteiger partial charge in [0.2, 0.25) is 17.7 Å². The maximum atomic E-state index is 12.5. The van der Waals surface area contributed by atoms with E-state index in [-0.39, 0.29) is 12.8 Å². The number of aliphatic hydroxyl groups is 1. The van der Waals surface area contributed by atoms with Crippen LogP contribution < -0.4 is 21.7 Å². The number of fused-ring (bicyclic) bond motifs is 1. The lowest BCUT2D eigenvalue weighted by atomic mass is 10.0. The third kappa shape index (κ3) is 6.88. The Kier molecular flexibility index (Phi) is 8.53. The quantitative estimate of drug-likeness (QED) is 0.146. The van der Waals surface area contributed by atoms with Gasteiger partial charge in [-0.1, -0.05) is 18.2 Å². The summed E-state index contributed by atoms with van der Waals surface area (Å²) in [6.07, 6.45) is 4.74. The van der Waals surface area contributed by atoms with Crippen LogP contribution in [0.2, 0.25) is 0 Å². The predicted molar refractivity (Wildman–Crippen MR) is 124 cm³/mol. The highest BCUT2D eigenvalue weighted by Gasteiger charge is 2.25. The Labute approximate surface area is 199 Å². The first-order valence-corrected chi connectivity index (χ1v) is 10.8. The van der Waals surface area contributed by atoms with E-state index in [2.05, 4.69) is 30.9 Å². The van der Waals surface area contributed by atoms with E-state index in [0.717, 1.165) is 16.5 Å². The van der Waals surface area contributed by atoms with E-state index in [1.54, 1.807) is 6.20 Å². The number of hydrogen-bond donors (Lipinski definition) is 8. The van der Waals surface area contributed by atoms with Gasteiger partial charge in [-0.3, -0.25) is 14.4 Å². The summed E-state index contributed by atoms with van der Waals surface area (Å²) in [5, 5.41) is 26.7. The lowest BCUT2D eigenvalue weighted by Crippen LogP contribution is -2.55. The summed E-state index contributed by atoms with van der Waals surface area (Å²) in [5.74, 6) is -3.50. The van der Waals surface area contributed by atoms with Gasteiger partial charge in [0.15, 0.2) is 0 Å². The molecule has 3 amide bonds. The van der Waals surface area contributed by atoms with Crippen LogP contribution in [0.5, 0.6) is 0 Å². The second kappa shape index (κ2) is 11.8. The fourth-order valence-electron chi connectivity index (χ4n) is 3.46. The number of aromatic amines is 2. The van der Waals surface area contributed by atoms with Crippen LogP contribution in [0.25, 0.3) is 10.9 Å². The van der Waals surface area contributed by atoms with E-state index in [1.165, 1.54) is 12.5 Å². The number of rotatable bonds is 12. The molecule has 0 aliphatic carbocycles. The minimum Gasteiger partial charge on any atom is -0.480 e. The van der Waals surface area contributed by atoms with Gasteiger partial charge in [0.1, 0.15) is 12.1 Å². The maximum absolute atomic E-state index is 12.5. The van der Waals surface area contributed by atoms with Crippen molar-refractivity contribution in [1.82, 2.24) is 30.9 Å². The number of benzene rings is 1. The highest BCUT2D eigenvalue weighted by atomic mass is 16.4. The number of H-pyrrole nitrogens is 2. The molecule has 2 aromatic heterocycles. The summed E-state index contributed by atoms with van der Waals surface area (Å²) in [5.41, 5.74) is 8.23. The molecule has 13 heteroatoms. The number of hydrogen-bond acceptors (Lipinski definition) is 7. The molecule has 0 aliphatic rings. The highest BCUT2D eigenvalue weighted by molar-refractivity contribution is 5.93. The zero-order chi connectivity index (χ0) is 25.4. The van der Waals surface area contributed by atoms with Gasteiger partial charge < -0.3 is 41.9 Å². The molecule has 9 N–H and O–H groups in total. The van der Waals surface area contributed by atoms with Crippen molar-refractivity contribution in [1.29, 1.82) is 0 Å². The predicted octanol–water partition coefficient (Wildman–Crippen LogP) is -1.83. The Morgan fingerprint density at radius 3 is 2.49 bits per heavy atom. The van der Waals surface area contributed by atoms with Crippen LogP contribution >= 0.6 is 0 Å². The monoisotopic (exact) mass is 485 g/mol. The van der Waals surface area contributed by atoms with Crippen LogP contribution in [-0.2, 0) is 32.0 Å². The number of carbonyl (C=O) groups is 4. The zero-order valence-corrected chi connectivity index (χ0v) is 18.7. The van der Waals surface area contributed by atoms with Crippen LogP contribution in [-0.4, -0.2) is 80.1 Å². The fourth-order valence-corrected chi connectivity index (χ4v) is 3.46. The molecule has 186 valence electrons. The molecule has 0 fully saturated rings. The number of amides is 3. The lowest BCUT2D eigenvalue weighted by molar-refractivity contribution is -0.141. The number of imidazole rings is 1. The van der Waals surface area contributed by atoms with Crippen LogP contribution in [0.3, 0.4) is 0 Å². The molecule has 3 rings (SSSR count). The van der Waals surface area contributed by atoms with Gasteiger partial charge >= 0.3 is 5.97 Å². The molecular formula is C22H27N7O6. The molecule has 3 unspecified atom stereocenters. The second-order valence-corrected chi connectivity index (χ2v) is 7.87. The molecule has 0 spiro atoms. The number of carboxylic acids is 1. The molecular weight excluding hydrogens is 458 g/mol. The standard InChI is InChI=1S/C22H27N7O6/c23-15(5-12-7-25-16-4-2-1-3-14(12)16)20(32)29-18(10-30)21(33)26-9-19(31)28-17(22(34)35)6-13-8-24-11-27-13/h1-4,7-8,11,15,17-18,25,30H,5-6,9-10,23H2,(H,24,27)(H,26,33)(H,28,31)(H,29,32)(H,34,35). The van der Waals surface area contributed by atoms with E-state index in [4.69, 9.17) is 5.73 Å². The van der Waals surface area contributed by atoms with E-state index in [9.17, 15) is 29.4 Å². The van der Waals surface area contributed by atoms with Crippen molar-refractivity contribution < 1.29 is 29.4 Å². The third-order valence-electron chi connectivity index (χ3n) is 5.30. The Hall–Kier alpha value is -4.23. The minimum atomic E-state index is -1.34. The molecule has 35 heavy (non-hydrogen) atoms. The van der Waals surface area contributed by atoms with E-state index in [1.807, 2.05) is 24.3 Å². The lowest BCUT2D eigenvalue weighted by Gasteiger charge is -2.19. The van der Waals surface area contributed by atoms with Gasteiger partial charge in [-0.25, -0.2) is 9.78 Å². The first-order valence-electron chi connectivity index (χ1n) is 10.8. The Morgan fingerprint density at radius 1 is 1.03 bits per heavy atom. The number of carbonyl (C=O) groups excluding carboxylic acids is 3. The number of nitrogens with zero attached hydrogens (tertiary/aromatic N) is 1. The topological polar surface area (TPSA) is 215 Å². The fraction of sp³-hybridized carbons (Fsp3) is 0.318. The summed E-state index contributed by atoms with van der Waals surface area (Å²) < 4.78 is 0. The molecule has 3 atom stereocenters. The van der Waals surface area contributed by atoms with Gasteiger partial charge in [0, 0.05) is 35.4 Å². The number of aromatic nitrogens is 3. The van der Waals surface area contributed by atoms with Gasteiger partial charge in [-0.2, -0.15) is 0 Å². The number of nitrogens with one attached hydrogen (secondary N) is 5. The first-order chi connectivity index (χ1) is 16.8. The largest absolute Gasteiger partial charge is 0.480 e. The third-order valence-corrected chi connectivity index (χ3v) is 5.30. The first kappa shape index (κ1) is 25.4. The number of para-hydroxylation sites is 1. The molecule has 13 nitrogen and oxygen atoms in total. The molecule has 0 saturated carbocycles. The molecule has 0 aliphatic heterocycles. The number of aliphatic carboxylic acids is 1. The van der Waals surface area contributed by atoms with Crippen molar-refractivity contribution in [3.8, 4) is 0 Å². The normalized spacial score (nSPS) is 13.5. The Morgan fingerprint density at radius 2 is 1.80 bits per heavy atom. The Bertz CT molecular complexity index is 1180. The molecule has 3 aromatic rings. The highest BCUT2D eigenvalue weighted by Crippen LogP contribution is 2.18. The van der Waals surface area contributed by atoms with Crippen molar-refractivity contribution >= 4 is 34.6 Å². The van der Waals surface area contributed by atoms with Gasteiger partial charge in [-0.15, -0.1) is 0 Å². The summed E-state index contributed by atoms with van der Waals surface area (Å²) >= 11 is 0. The smallest absolute Gasteiger partial charge is 0.326 e. The SMILES string of the molecule is NC(Cc1c[nH]c2ccccc12)C(=O)NC(CO)C(=O)NCC(=O)NC(Cc1cnc[nH]1)C(=O)O. The van der Waals surface area contributed by atoms with Crippen LogP contribution in [0.15, 0.2) is 43.0 Å². The summed E-state index contributed by atoms with van der Waals surface area (Å²) in [4.78, 5) is 58.0. The van der Waals surface area contributed by atoms with Crippen molar-refractivity contribution in [3.63, 3.8) is 0 Å². The maximum Gasteiger partial charge on any atom is 0.326 e. The van der Waals surface area contributed by atoms with Crippen molar-refractivity contribution in [3.05, 3.63) is 54.2 Å². The number of carboxylic acid groups (broad SMARTS) is 1. The Balaban J connectivity index is 1.48.